The summed E-state index contributed by atoms with van der Waals surface area (Å²) >= 11 is 0. The average molecular weight is 459 g/mol. The van der Waals surface area contributed by atoms with Gasteiger partial charge < -0.3 is 14.2 Å². The number of fused-ring (bicyclic) bond motifs is 1. The molecule has 1 fully saturated rings. The van der Waals surface area contributed by atoms with E-state index in [0.29, 0.717) is 29.4 Å². The number of aryl methyl sites for hydroxylation is 1. The molecule has 0 saturated carbocycles. The van der Waals surface area contributed by atoms with E-state index in [1.807, 2.05) is 11.8 Å². The Balaban J connectivity index is 1.88. The molecular weight excluding hydrogens is 431 g/mol. The van der Waals surface area contributed by atoms with Crippen LogP contribution in [0.3, 0.4) is 0 Å². The fraction of sp³-hybridized carbons (Fsp3) is 0.375. The summed E-state index contributed by atoms with van der Waals surface area (Å²) in [5.41, 5.74) is 0.287. The first kappa shape index (κ1) is 22.3. The maximum absolute atomic E-state index is 15.1. The Morgan fingerprint density at radius 1 is 1.19 bits per heavy atom. The van der Waals surface area contributed by atoms with Gasteiger partial charge in [0.05, 0.1) is 28.6 Å². The summed E-state index contributed by atoms with van der Waals surface area (Å²) in [7, 11) is -2.60. The highest BCUT2D eigenvalue weighted by molar-refractivity contribution is 7.91. The number of halogens is 1. The molecule has 8 heteroatoms. The lowest BCUT2D eigenvalue weighted by Crippen LogP contribution is -2.35. The second kappa shape index (κ2) is 8.58. The summed E-state index contributed by atoms with van der Waals surface area (Å²) in [5.74, 6) is 0.463. The van der Waals surface area contributed by atoms with Crippen LogP contribution in [0.5, 0.6) is 5.75 Å². The van der Waals surface area contributed by atoms with Crippen molar-refractivity contribution < 1.29 is 17.5 Å². The summed E-state index contributed by atoms with van der Waals surface area (Å²) in [5, 5.41) is 0.0627. The van der Waals surface area contributed by atoms with E-state index in [1.54, 1.807) is 10.6 Å². The molecule has 0 spiro atoms. The smallest absolute Gasteiger partial charge is 0.211 e. The second-order valence-corrected chi connectivity index (χ2v) is 10.2. The number of methoxy groups -OCH3 is 1. The van der Waals surface area contributed by atoms with E-state index >= 15 is 4.39 Å². The Labute approximate surface area is 187 Å². The SMILES string of the molecule is CCn1cc(S(=O)(=O)c2ccc(OC)cc2)c(=O)c2cc(F)c(N3CCCC(C)C3)cc21. The number of aromatic nitrogens is 1. The zero-order chi connectivity index (χ0) is 23.0. The van der Waals surface area contributed by atoms with Crippen molar-refractivity contribution in [2.75, 3.05) is 25.1 Å². The van der Waals surface area contributed by atoms with E-state index < -0.39 is 21.1 Å². The molecule has 2 heterocycles. The maximum atomic E-state index is 15.1. The first-order valence-electron chi connectivity index (χ1n) is 10.8. The van der Waals surface area contributed by atoms with Gasteiger partial charge in [-0.2, -0.15) is 0 Å². The van der Waals surface area contributed by atoms with Gasteiger partial charge in [-0.15, -0.1) is 0 Å². The number of pyridine rings is 1. The van der Waals surface area contributed by atoms with Gasteiger partial charge in [-0.25, -0.2) is 12.8 Å². The predicted molar refractivity (Wildman–Crippen MR) is 123 cm³/mol. The number of hydrogen-bond acceptors (Lipinski definition) is 5. The van der Waals surface area contributed by atoms with Crippen molar-refractivity contribution in [3.63, 3.8) is 0 Å². The number of rotatable bonds is 5. The zero-order valence-corrected chi connectivity index (χ0v) is 19.3. The van der Waals surface area contributed by atoms with Crippen molar-refractivity contribution >= 4 is 26.4 Å². The standard InChI is InChI=1S/C24H27FN2O4S/c1-4-26-15-23(32(29,30)18-9-7-17(31-3)8-10-18)24(28)19-12-20(25)22(13-21(19)26)27-11-5-6-16(2)14-27/h7-10,12-13,15-16H,4-6,11,14H2,1-3H3. The lowest BCUT2D eigenvalue weighted by atomic mass is 9.99. The molecule has 2 aromatic carbocycles. The summed E-state index contributed by atoms with van der Waals surface area (Å²) in [6, 6.07) is 8.71. The van der Waals surface area contributed by atoms with Gasteiger partial charge in [0.15, 0.2) is 0 Å². The normalized spacial score (nSPS) is 17.0. The Morgan fingerprint density at radius 3 is 2.53 bits per heavy atom. The molecule has 0 amide bonds. The van der Waals surface area contributed by atoms with E-state index in [-0.39, 0.29) is 15.2 Å². The molecule has 1 aliphatic heterocycles. The van der Waals surface area contributed by atoms with Crippen molar-refractivity contribution in [1.29, 1.82) is 0 Å². The molecule has 4 rings (SSSR count). The summed E-state index contributed by atoms with van der Waals surface area (Å²) in [6.45, 7) is 5.95. The van der Waals surface area contributed by atoms with Gasteiger partial charge in [-0.3, -0.25) is 4.79 Å². The van der Waals surface area contributed by atoms with Crippen molar-refractivity contribution in [2.45, 2.75) is 43.0 Å². The zero-order valence-electron chi connectivity index (χ0n) is 18.5. The van der Waals surface area contributed by atoms with E-state index in [1.165, 1.54) is 43.6 Å². The van der Waals surface area contributed by atoms with Crippen molar-refractivity contribution in [3.05, 3.63) is 58.6 Å². The summed E-state index contributed by atoms with van der Waals surface area (Å²) in [4.78, 5) is 14.9. The lowest BCUT2D eigenvalue weighted by molar-refractivity contribution is 0.414. The molecular formula is C24H27FN2O4S. The summed E-state index contributed by atoms with van der Waals surface area (Å²) in [6.07, 6.45) is 3.46. The van der Waals surface area contributed by atoms with E-state index in [2.05, 4.69) is 6.92 Å². The highest BCUT2D eigenvalue weighted by atomic mass is 32.2. The minimum Gasteiger partial charge on any atom is -0.497 e. The highest BCUT2D eigenvalue weighted by Gasteiger charge is 2.26. The fourth-order valence-corrected chi connectivity index (χ4v) is 5.73. The van der Waals surface area contributed by atoms with Crippen molar-refractivity contribution in [3.8, 4) is 5.75 Å². The van der Waals surface area contributed by atoms with Gasteiger partial charge in [0.1, 0.15) is 16.5 Å². The van der Waals surface area contributed by atoms with Gasteiger partial charge in [-0.1, -0.05) is 6.92 Å². The first-order chi connectivity index (χ1) is 15.3. The van der Waals surface area contributed by atoms with Gasteiger partial charge in [0.2, 0.25) is 15.3 Å². The van der Waals surface area contributed by atoms with Crippen LogP contribution in [-0.4, -0.2) is 33.2 Å². The molecule has 0 radical (unpaired) electrons. The van der Waals surface area contributed by atoms with E-state index in [9.17, 15) is 13.2 Å². The molecule has 0 bridgehead atoms. The third-order valence-corrected chi connectivity index (χ3v) is 7.88. The fourth-order valence-electron chi connectivity index (χ4n) is 4.36. The van der Waals surface area contributed by atoms with Gasteiger partial charge in [-0.05, 0) is 62.1 Å². The third kappa shape index (κ3) is 3.88. The highest BCUT2D eigenvalue weighted by Crippen LogP contribution is 2.30. The molecule has 32 heavy (non-hydrogen) atoms. The number of sulfone groups is 1. The molecule has 1 atom stereocenters. The van der Waals surface area contributed by atoms with Crippen LogP contribution < -0.4 is 15.1 Å². The van der Waals surface area contributed by atoms with E-state index in [4.69, 9.17) is 4.74 Å². The number of hydrogen-bond donors (Lipinski definition) is 0. The molecule has 1 unspecified atom stereocenters. The topological polar surface area (TPSA) is 68.6 Å². The number of ether oxygens (including phenoxy) is 1. The van der Waals surface area contributed by atoms with Crippen molar-refractivity contribution in [2.24, 2.45) is 5.92 Å². The Morgan fingerprint density at radius 2 is 1.91 bits per heavy atom. The average Bonchev–Trinajstić information content (AvgIpc) is 2.79. The van der Waals surface area contributed by atoms with Gasteiger partial charge in [0, 0.05) is 25.8 Å². The van der Waals surface area contributed by atoms with Crippen LogP contribution >= 0.6 is 0 Å². The Bertz CT molecular complexity index is 1320. The predicted octanol–water partition coefficient (Wildman–Crippen LogP) is 4.24. The molecule has 6 nitrogen and oxygen atoms in total. The second-order valence-electron chi connectivity index (χ2n) is 8.30. The number of anilines is 1. The van der Waals surface area contributed by atoms with Crippen LogP contribution in [0.15, 0.2) is 57.2 Å². The van der Waals surface area contributed by atoms with Crippen LogP contribution in [0.2, 0.25) is 0 Å². The first-order valence-corrected chi connectivity index (χ1v) is 12.3. The van der Waals surface area contributed by atoms with E-state index in [0.717, 1.165) is 25.9 Å². The van der Waals surface area contributed by atoms with Crippen LogP contribution in [0, 0.1) is 11.7 Å². The lowest BCUT2D eigenvalue weighted by Gasteiger charge is -2.33. The van der Waals surface area contributed by atoms with Crippen LogP contribution in [0.4, 0.5) is 10.1 Å². The number of nitrogens with zero attached hydrogens (tertiary/aromatic N) is 2. The molecule has 0 aliphatic carbocycles. The third-order valence-electron chi connectivity index (χ3n) is 6.11. The van der Waals surface area contributed by atoms with Crippen LogP contribution in [0.25, 0.3) is 10.9 Å². The minimum absolute atomic E-state index is 0.0169. The molecule has 1 aliphatic rings. The molecule has 1 aromatic heterocycles. The van der Waals surface area contributed by atoms with Crippen LogP contribution in [-0.2, 0) is 16.4 Å². The molecule has 3 aromatic rings. The quantitative estimate of drug-likeness (QED) is 0.572. The van der Waals surface area contributed by atoms with Crippen molar-refractivity contribution in [1.82, 2.24) is 4.57 Å². The maximum Gasteiger partial charge on any atom is 0.211 e. The van der Waals surface area contributed by atoms with Crippen LogP contribution in [0.1, 0.15) is 26.7 Å². The number of benzene rings is 2. The molecule has 0 N–H and O–H groups in total. The van der Waals surface area contributed by atoms with Gasteiger partial charge >= 0.3 is 0 Å². The van der Waals surface area contributed by atoms with Gasteiger partial charge in [0.25, 0.3) is 0 Å². The number of piperidine rings is 1. The largest absolute Gasteiger partial charge is 0.497 e. The monoisotopic (exact) mass is 458 g/mol. The Hall–Kier alpha value is -2.87. The molecule has 1 saturated heterocycles. The summed E-state index contributed by atoms with van der Waals surface area (Å²) < 4.78 is 48.4. The molecule has 170 valence electrons. The Kier molecular flexibility index (Phi) is 5.99. The minimum atomic E-state index is -4.09.